The van der Waals surface area contributed by atoms with Gasteiger partial charge in [0.05, 0.1) is 4.91 Å². The average Bonchev–Trinajstić information content (AvgIpc) is 2.96. The second-order valence-corrected chi connectivity index (χ2v) is 8.73. The number of carbonyl (C=O) groups is 3. The fraction of sp³-hybridized carbons (Fsp3) is 0.100. The molecule has 1 heterocycles. The topological polar surface area (TPSA) is 95.9 Å². The number of nitrogens with one attached hydrogen (secondary N) is 1. The molecule has 10 heteroatoms. The minimum atomic E-state index is -1.08. The van der Waals surface area contributed by atoms with Gasteiger partial charge in [0.25, 0.3) is 11.8 Å². The third-order valence-corrected chi connectivity index (χ3v) is 5.76. The lowest BCUT2D eigenvalue weighted by Gasteiger charge is -2.15. The highest BCUT2D eigenvalue weighted by Gasteiger charge is 2.33. The number of hydrazine groups is 1. The minimum Gasteiger partial charge on any atom is -0.479 e. The summed E-state index contributed by atoms with van der Waals surface area (Å²) >= 11 is 9.58. The average molecular weight is 507 g/mol. The van der Waals surface area contributed by atoms with Crippen molar-refractivity contribution in [1.29, 1.82) is 0 Å². The molecule has 2 aromatic rings. The highest BCUT2D eigenvalue weighted by atomic mass is 79.9. The van der Waals surface area contributed by atoms with E-state index >= 15 is 0 Å². The molecule has 0 spiro atoms. The Labute approximate surface area is 190 Å². The van der Waals surface area contributed by atoms with Gasteiger partial charge in [-0.05, 0) is 67.2 Å². The quantitative estimate of drug-likeness (QED) is 0.453. The normalized spacial score (nSPS) is 15.9. The molecule has 154 valence electrons. The van der Waals surface area contributed by atoms with Crippen LogP contribution in [0.3, 0.4) is 0 Å². The number of thioether (sulfide) groups is 1. The number of hydrogen-bond donors (Lipinski definition) is 2. The van der Waals surface area contributed by atoms with E-state index in [0.717, 1.165) is 21.2 Å². The van der Waals surface area contributed by atoms with Crippen LogP contribution in [0.5, 0.6) is 5.75 Å². The monoisotopic (exact) mass is 506 g/mol. The zero-order valence-corrected chi connectivity index (χ0v) is 18.7. The number of carboxylic acids is 1. The number of carboxylic acid groups (broad SMARTS) is 1. The van der Waals surface area contributed by atoms with E-state index < -0.39 is 23.9 Å². The molecule has 2 aromatic carbocycles. The summed E-state index contributed by atoms with van der Waals surface area (Å²) in [4.78, 5) is 36.4. The van der Waals surface area contributed by atoms with E-state index in [1.807, 2.05) is 0 Å². The second-order valence-electron chi connectivity index (χ2n) is 6.14. The highest BCUT2D eigenvalue weighted by molar-refractivity contribution is 9.10. The Hall–Kier alpha value is -2.69. The van der Waals surface area contributed by atoms with Crippen LogP contribution in [-0.4, -0.2) is 38.3 Å². The highest BCUT2D eigenvalue weighted by Crippen LogP contribution is 2.32. The maximum atomic E-state index is 12.7. The largest absolute Gasteiger partial charge is 0.479 e. The first-order valence-electron chi connectivity index (χ1n) is 8.58. The second kappa shape index (κ2) is 9.41. The van der Waals surface area contributed by atoms with Crippen molar-refractivity contribution in [2.45, 2.75) is 13.0 Å². The summed E-state index contributed by atoms with van der Waals surface area (Å²) in [6.45, 7) is 1.42. The number of amides is 2. The van der Waals surface area contributed by atoms with E-state index in [9.17, 15) is 14.4 Å². The Balaban J connectivity index is 1.74. The minimum absolute atomic E-state index is 0.198. The summed E-state index contributed by atoms with van der Waals surface area (Å²) in [7, 11) is 0. The van der Waals surface area contributed by atoms with Crippen LogP contribution in [-0.2, 0) is 9.59 Å². The molecule has 1 saturated heterocycles. The molecule has 2 N–H and O–H groups in total. The number of nitrogens with zero attached hydrogens (tertiary/aromatic N) is 1. The summed E-state index contributed by atoms with van der Waals surface area (Å²) in [5, 5.41) is 9.99. The van der Waals surface area contributed by atoms with Crippen molar-refractivity contribution in [3.8, 4) is 5.75 Å². The molecule has 3 rings (SSSR count). The summed E-state index contributed by atoms with van der Waals surface area (Å²) in [6, 6.07) is 13.4. The van der Waals surface area contributed by atoms with Crippen LogP contribution in [0, 0.1) is 0 Å². The molecule has 7 nitrogen and oxygen atoms in total. The molecule has 2 amide bonds. The summed E-state index contributed by atoms with van der Waals surface area (Å²) in [6.07, 6.45) is 0.593. The standard InChI is InChI=1S/C20H15BrN2O5S2/c1-11(19(26)27)28-15-4-2-3-12(9-15)10-16-18(25)23(20(29)30-16)22-17(24)13-5-7-14(21)8-6-13/h2-11H,1H3,(H,22,24)(H,26,27)/b16-10+. The van der Waals surface area contributed by atoms with E-state index in [2.05, 4.69) is 21.4 Å². The van der Waals surface area contributed by atoms with Gasteiger partial charge in [-0.25, -0.2) is 4.79 Å². The van der Waals surface area contributed by atoms with Crippen LogP contribution in [0.15, 0.2) is 57.9 Å². The number of rotatable bonds is 6. The van der Waals surface area contributed by atoms with Gasteiger partial charge in [-0.3, -0.25) is 15.0 Å². The third-order valence-electron chi connectivity index (χ3n) is 3.93. The Morgan fingerprint density at radius 2 is 1.97 bits per heavy atom. The smallest absolute Gasteiger partial charge is 0.344 e. The Kier molecular flexibility index (Phi) is 6.91. The number of benzene rings is 2. The molecule has 1 aliphatic rings. The lowest BCUT2D eigenvalue weighted by Crippen LogP contribution is -2.44. The van der Waals surface area contributed by atoms with E-state index in [-0.39, 0.29) is 4.32 Å². The van der Waals surface area contributed by atoms with Gasteiger partial charge in [-0.15, -0.1) is 0 Å². The molecule has 1 atom stereocenters. The molecule has 0 saturated carbocycles. The van der Waals surface area contributed by atoms with Crippen LogP contribution in [0.1, 0.15) is 22.8 Å². The van der Waals surface area contributed by atoms with Crippen molar-refractivity contribution >= 4 is 68.1 Å². The lowest BCUT2D eigenvalue weighted by molar-refractivity contribution is -0.144. The maximum Gasteiger partial charge on any atom is 0.344 e. The number of thiocarbonyl (C=S) groups is 1. The summed E-state index contributed by atoms with van der Waals surface area (Å²) in [5.41, 5.74) is 3.53. The predicted molar refractivity (Wildman–Crippen MR) is 121 cm³/mol. The van der Waals surface area contributed by atoms with E-state index in [0.29, 0.717) is 21.8 Å². The molecule has 0 bridgehead atoms. The number of halogens is 1. The van der Waals surface area contributed by atoms with Gasteiger partial charge in [-0.1, -0.05) is 39.8 Å². The molecule has 0 radical (unpaired) electrons. The number of ether oxygens (including phenoxy) is 1. The van der Waals surface area contributed by atoms with Gasteiger partial charge in [0.2, 0.25) is 0 Å². The number of aliphatic carboxylic acids is 1. The lowest BCUT2D eigenvalue weighted by atomic mass is 10.2. The van der Waals surface area contributed by atoms with Crippen molar-refractivity contribution < 1.29 is 24.2 Å². The van der Waals surface area contributed by atoms with Crippen LogP contribution < -0.4 is 10.2 Å². The van der Waals surface area contributed by atoms with Gasteiger partial charge in [0.15, 0.2) is 10.4 Å². The van der Waals surface area contributed by atoms with E-state index in [1.165, 1.54) is 6.92 Å². The summed E-state index contributed by atoms with van der Waals surface area (Å²) in [5.74, 6) is -1.64. The summed E-state index contributed by atoms with van der Waals surface area (Å²) < 4.78 is 6.37. The van der Waals surface area contributed by atoms with Crippen molar-refractivity contribution in [3.05, 3.63) is 69.0 Å². The number of carbonyl (C=O) groups excluding carboxylic acids is 2. The van der Waals surface area contributed by atoms with Crippen LogP contribution in [0.25, 0.3) is 6.08 Å². The molecular formula is C20H15BrN2O5S2. The maximum absolute atomic E-state index is 12.7. The predicted octanol–water partition coefficient (Wildman–Crippen LogP) is 3.85. The van der Waals surface area contributed by atoms with Crippen LogP contribution >= 0.6 is 39.9 Å². The van der Waals surface area contributed by atoms with Crippen LogP contribution in [0.2, 0.25) is 0 Å². The zero-order valence-electron chi connectivity index (χ0n) is 15.5. The molecule has 1 unspecified atom stereocenters. The molecule has 1 aliphatic heterocycles. The fourth-order valence-corrected chi connectivity index (χ4v) is 3.86. The van der Waals surface area contributed by atoms with Crippen LogP contribution in [0.4, 0.5) is 0 Å². The molecule has 0 aliphatic carbocycles. The molecule has 30 heavy (non-hydrogen) atoms. The molecule has 1 fully saturated rings. The van der Waals surface area contributed by atoms with E-state index in [4.69, 9.17) is 22.1 Å². The molecular weight excluding hydrogens is 492 g/mol. The SMILES string of the molecule is CC(Oc1cccc(/C=C2/SC(=S)N(NC(=O)c3ccc(Br)cc3)C2=O)c1)C(=O)O. The van der Waals surface area contributed by atoms with Gasteiger partial charge in [0.1, 0.15) is 5.75 Å². The Morgan fingerprint density at radius 3 is 2.63 bits per heavy atom. The number of hydrogen-bond acceptors (Lipinski definition) is 6. The Bertz CT molecular complexity index is 1060. The first-order chi connectivity index (χ1) is 14.2. The van der Waals surface area contributed by atoms with Crippen molar-refractivity contribution in [3.63, 3.8) is 0 Å². The van der Waals surface area contributed by atoms with E-state index in [1.54, 1.807) is 54.6 Å². The Morgan fingerprint density at radius 1 is 1.27 bits per heavy atom. The third kappa shape index (κ3) is 5.26. The van der Waals surface area contributed by atoms with Gasteiger partial charge in [0, 0.05) is 10.0 Å². The first-order valence-corrected chi connectivity index (χ1v) is 10.6. The van der Waals surface area contributed by atoms with Crippen molar-refractivity contribution in [1.82, 2.24) is 10.4 Å². The first kappa shape index (κ1) is 22.0. The fourth-order valence-electron chi connectivity index (χ4n) is 2.41. The van der Waals surface area contributed by atoms with Gasteiger partial charge >= 0.3 is 5.97 Å². The molecule has 0 aromatic heterocycles. The van der Waals surface area contributed by atoms with Gasteiger partial charge in [-0.2, -0.15) is 5.01 Å². The van der Waals surface area contributed by atoms with Crippen molar-refractivity contribution in [2.75, 3.05) is 0 Å². The zero-order chi connectivity index (χ0) is 21.8. The van der Waals surface area contributed by atoms with Crippen molar-refractivity contribution in [2.24, 2.45) is 0 Å². The van der Waals surface area contributed by atoms with Gasteiger partial charge < -0.3 is 9.84 Å².